The van der Waals surface area contributed by atoms with Gasteiger partial charge >= 0.3 is 6.03 Å². The van der Waals surface area contributed by atoms with Crippen LogP contribution in [0.3, 0.4) is 0 Å². The summed E-state index contributed by atoms with van der Waals surface area (Å²) in [5.74, 6) is 1.77. The molecule has 25 heavy (non-hydrogen) atoms. The highest BCUT2D eigenvalue weighted by atomic mass is 35.5. The van der Waals surface area contributed by atoms with Gasteiger partial charge in [-0.2, -0.15) is 0 Å². The number of benzene rings is 1. The van der Waals surface area contributed by atoms with E-state index in [1.54, 1.807) is 12.0 Å². The first-order valence-corrected chi connectivity index (χ1v) is 8.13. The van der Waals surface area contributed by atoms with Crippen LogP contribution in [0.5, 0.6) is 11.5 Å². The second-order valence-electron chi connectivity index (χ2n) is 6.35. The van der Waals surface area contributed by atoms with Crippen molar-refractivity contribution in [3.63, 3.8) is 0 Å². The van der Waals surface area contributed by atoms with Gasteiger partial charge in [-0.1, -0.05) is 11.6 Å². The number of amides is 2. The lowest BCUT2D eigenvalue weighted by Crippen LogP contribution is -2.44. The molecule has 0 fully saturated rings. The van der Waals surface area contributed by atoms with Crippen molar-refractivity contribution in [2.75, 3.05) is 19.0 Å². The fraction of sp³-hybridized carbons (Fsp3) is 0.353. The van der Waals surface area contributed by atoms with Crippen molar-refractivity contribution in [1.82, 2.24) is 14.9 Å². The standard InChI is InChI=1S/C17H19ClN4O3/c1-17(2)10-22(16(23)21-15-8-19-14(18)7-20-15)9-11-4-5-12(24-3)6-13(11)25-17/h4-8H,9-10H2,1-3H3,(H,20,21,23). The summed E-state index contributed by atoms with van der Waals surface area (Å²) in [5, 5.41) is 3.00. The number of nitrogens with one attached hydrogen (secondary N) is 1. The number of hydrogen-bond acceptors (Lipinski definition) is 5. The van der Waals surface area contributed by atoms with Crippen molar-refractivity contribution >= 4 is 23.4 Å². The smallest absolute Gasteiger partial charge is 0.323 e. The maximum Gasteiger partial charge on any atom is 0.323 e. The molecule has 0 spiro atoms. The van der Waals surface area contributed by atoms with Gasteiger partial charge in [0, 0.05) is 11.6 Å². The van der Waals surface area contributed by atoms with Crippen molar-refractivity contribution in [2.24, 2.45) is 0 Å². The largest absolute Gasteiger partial charge is 0.497 e. The molecule has 1 aliphatic rings. The van der Waals surface area contributed by atoms with Gasteiger partial charge in [-0.15, -0.1) is 0 Å². The van der Waals surface area contributed by atoms with E-state index in [0.29, 0.717) is 30.4 Å². The molecule has 7 nitrogen and oxygen atoms in total. The van der Waals surface area contributed by atoms with Crippen LogP contribution in [-0.2, 0) is 6.54 Å². The predicted molar refractivity (Wildman–Crippen MR) is 94.2 cm³/mol. The number of fused-ring (bicyclic) bond motifs is 1. The van der Waals surface area contributed by atoms with Crippen LogP contribution in [0.15, 0.2) is 30.6 Å². The van der Waals surface area contributed by atoms with Gasteiger partial charge in [-0.25, -0.2) is 14.8 Å². The molecule has 0 saturated carbocycles. The lowest BCUT2D eigenvalue weighted by Gasteiger charge is -2.29. The average Bonchev–Trinajstić information content (AvgIpc) is 2.70. The zero-order valence-electron chi connectivity index (χ0n) is 14.2. The summed E-state index contributed by atoms with van der Waals surface area (Å²) >= 11 is 5.71. The molecule has 132 valence electrons. The third-order valence-corrected chi connectivity index (χ3v) is 3.93. The van der Waals surface area contributed by atoms with Gasteiger partial charge in [-0.3, -0.25) is 5.32 Å². The molecule has 0 bridgehead atoms. The molecule has 1 aliphatic heterocycles. The molecule has 2 heterocycles. The van der Waals surface area contributed by atoms with Crippen molar-refractivity contribution < 1.29 is 14.3 Å². The molecule has 0 saturated heterocycles. The van der Waals surface area contributed by atoms with Crippen LogP contribution in [-0.4, -0.2) is 40.2 Å². The summed E-state index contributed by atoms with van der Waals surface area (Å²) in [6.07, 6.45) is 2.80. The minimum atomic E-state index is -0.555. The van der Waals surface area contributed by atoms with Gasteiger partial charge in [-0.05, 0) is 26.0 Å². The second-order valence-corrected chi connectivity index (χ2v) is 6.73. The average molecular weight is 363 g/mol. The SMILES string of the molecule is COc1ccc2c(c1)OC(C)(C)CN(C(=O)Nc1cnc(Cl)cn1)C2. The Kier molecular flexibility index (Phi) is 4.67. The number of nitrogens with zero attached hydrogens (tertiary/aromatic N) is 3. The van der Waals surface area contributed by atoms with E-state index < -0.39 is 5.60 Å². The first-order valence-electron chi connectivity index (χ1n) is 7.76. The zero-order valence-corrected chi connectivity index (χ0v) is 15.0. The first-order chi connectivity index (χ1) is 11.9. The number of carbonyl (C=O) groups is 1. The molecule has 2 amide bonds. The van der Waals surface area contributed by atoms with Gasteiger partial charge in [0.15, 0.2) is 5.82 Å². The summed E-state index contributed by atoms with van der Waals surface area (Å²) in [7, 11) is 1.61. The van der Waals surface area contributed by atoms with Crippen molar-refractivity contribution in [3.05, 3.63) is 41.3 Å². The fourth-order valence-electron chi connectivity index (χ4n) is 2.65. The predicted octanol–water partition coefficient (Wildman–Crippen LogP) is 3.34. The van der Waals surface area contributed by atoms with Gasteiger partial charge in [0.05, 0.1) is 32.6 Å². The molecule has 2 aromatic rings. The Bertz CT molecular complexity index is 780. The monoisotopic (exact) mass is 362 g/mol. The quantitative estimate of drug-likeness (QED) is 0.886. The third-order valence-electron chi connectivity index (χ3n) is 3.74. The van der Waals surface area contributed by atoms with E-state index in [1.807, 2.05) is 32.0 Å². The maximum absolute atomic E-state index is 12.7. The van der Waals surface area contributed by atoms with E-state index in [0.717, 1.165) is 5.56 Å². The summed E-state index contributed by atoms with van der Waals surface area (Å²) in [6.45, 7) is 4.69. The number of rotatable bonds is 2. The number of methoxy groups -OCH3 is 1. The van der Waals surface area contributed by atoms with Crippen LogP contribution in [0.1, 0.15) is 19.4 Å². The maximum atomic E-state index is 12.7. The molecule has 0 radical (unpaired) electrons. The van der Waals surface area contributed by atoms with Crippen LogP contribution in [0.25, 0.3) is 0 Å². The summed E-state index contributed by atoms with van der Waals surface area (Å²) in [4.78, 5) is 22.3. The summed E-state index contributed by atoms with van der Waals surface area (Å²) in [6, 6.07) is 5.31. The molecule has 3 rings (SSSR count). The Morgan fingerprint density at radius 3 is 2.84 bits per heavy atom. The van der Waals surface area contributed by atoms with Crippen LogP contribution >= 0.6 is 11.6 Å². The molecule has 0 aliphatic carbocycles. The Hall–Kier alpha value is -2.54. The highest BCUT2D eigenvalue weighted by Gasteiger charge is 2.32. The number of urea groups is 1. The molecular formula is C17H19ClN4O3. The number of aromatic nitrogens is 2. The molecular weight excluding hydrogens is 344 g/mol. The second kappa shape index (κ2) is 6.76. The minimum Gasteiger partial charge on any atom is -0.497 e. The number of carbonyl (C=O) groups excluding carboxylic acids is 1. The van der Waals surface area contributed by atoms with E-state index in [4.69, 9.17) is 21.1 Å². The Labute approximate surface area is 150 Å². The van der Waals surface area contributed by atoms with Crippen LogP contribution in [0.4, 0.5) is 10.6 Å². The molecule has 0 unspecified atom stereocenters. The molecule has 0 atom stereocenters. The van der Waals surface area contributed by atoms with Crippen LogP contribution in [0.2, 0.25) is 5.15 Å². The van der Waals surface area contributed by atoms with Crippen LogP contribution in [0, 0.1) is 0 Å². The van der Waals surface area contributed by atoms with Crippen molar-refractivity contribution in [2.45, 2.75) is 26.0 Å². The van der Waals surface area contributed by atoms with E-state index in [2.05, 4.69) is 15.3 Å². The topological polar surface area (TPSA) is 76.6 Å². The van der Waals surface area contributed by atoms with E-state index in [-0.39, 0.29) is 11.2 Å². The molecule has 1 aromatic carbocycles. The number of anilines is 1. The van der Waals surface area contributed by atoms with Gasteiger partial charge in [0.1, 0.15) is 22.3 Å². The highest BCUT2D eigenvalue weighted by molar-refractivity contribution is 6.29. The third kappa shape index (κ3) is 4.11. The van der Waals surface area contributed by atoms with Crippen molar-refractivity contribution in [3.8, 4) is 11.5 Å². The van der Waals surface area contributed by atoms with Gasteiger partial charge < -0.3 is 14.4 Å². The van der Waals surface area contributed by atoms with Gasteiger partial charge in [0.2, 0.25) is 0 Å². The molecule has 1 aromatic heterocycles. The normalized spacial score (nSPS) is 15.6. The van der Waals surface area contributed by atoms with E-state index >= 15 is 0 Å². The summed E-state index contributed by atoms with van der Waals surface area (Å²) in [5.41, 5.74) is 0.351. The highest BCUT2D eigenvalue weighted by Crippen LogP contribution is 2.32. The zero-order chi connectivity index (χ0) is 18.0. The Balaban J connectivity index is 1.83. The Morgan fingerprint density at radius 1 is 1.36 bits per heavy atom. The fourth-order valence-corrected chi connectivity index (χ4v) is 2.75. The lowest BCUT2D eigenvalue weighted by molar-refractivity contribution is 0.0833. The molecule has 8 heteroatoms. The summed E-state index contributed by atoms with van der Waals surface area (Å²) < 4.78 is 11.3. The number of ether oxygens (including phenoxy) is 2. The number of halogens is 1. The Morgan fingerprint density at radius 2 is 2.16 bits per heavy atom. The van der Waals surface area contributed by atoms with Crippen molar-refractivity contribution in [1.29, 1.82) is 0 Å². The van der Waals surface area contributed by atoms with E-state index in [1.165, 1.54) is 12.4 Å². The lowest BCUT2D eigenvalue weighted by atomic mass is 10.1. The number of hydrogen-bond donors (Lipinski definition) is 1. The minimum absolute atomic E-state index is 0.269. The van der Waals surface area contributed by atoms with Gasteiger partial charge in [0.25, 0.3) is 0 Å². The van der Waals surface area contributed by atoms with E-state index in [9.17, 15) is 4.79 Å². The van der Waals surface area contributed by atoms with Crippen LogP contribution < -0.4 is 14.8 Å². The molecule has 1 N–H and O–H groups in total. The first kappa shape index (κ1) is 17.3.